The van der Waals surface area contributed by atoms with Crippen molar-refractivity contribution in [2.45, 2.75) is 31.5 Å². The molecule has 0 radical (unpaired) electrons. The van der Waals surface area contributed by atoms with Gasteiger partial charge in [-0.1, -0.05) is 133 Å². The Bertz CT molecular complexity index is 1730. The Morgan fingerprint density at radius 3 is 1.88 bits per heavy atom. The van der Waals surface area contributed by atoms with Gasteiger partial charge in [-0.2, -0.15) is 0 Å². The van der Waals surface area contributed by atoms with Crippen LogP contribution in [0.25, 0.3) is 0 Å². The molecule has 1 N–H and O–H groups in total. The van der Waals surface area contributed by atoms with Gasteiger partial charge in [-0.25, -0.2) is 9.78 Å². The Kier molecular flexibility index (Phi) is 11.7. The fraction of sp³-hybridized carbons (Fsp3) is 0.200. The summed E-state index contributed by atoms with van der Waals surface area (Å²) in [6, 6.07) is 38.5. The molecule has 1 heterocycles. The van der Waals surface area contributed by atoms with Crippen molar-refractivity contribution in [1.82, 2.24) is 19.8 Å². The number of nitrogens with zero attached hydrogens (tertiary/aromatic N) is 3. The van der Waals surface area contributed by atoms with E-state index in [1.165, 1.54) is 12.0 Å². The van der Waals surface area contributed by atoms with Crippen LogP contribution in [-0.4, -0.2) is 58.7 Å². The molecule has 2 amide bonds. The third-order valence-electron chi connectivity index (χ3n) is 8.29. The highest BCUT2D eigenvalue weighted by Gasteiger charge is 2.40. The number of aromatic nitrogens is 2. The van der Waals surface area contributed by atoms with Crippen LogP contribution in [0.15, 0.2) is 146 Å². The van der Waals surface area contributed by atoms with E-state index in [4.69, 9.17) is 9.47 Å². The van der Waals surface area contributed by atoms with Crippen molar-refractivity contribution < 1.29 is 23.9 Å². The summed E-state index contributed by atoms with van der Waals surface area (Å²) in [5.41, 5.74) is 3.51. The minimum absolute atomic E-state index is 0.0229. The molecule has 0 saturated carbocycles. The van der Waals surface area contributed by atoms with Gasteiger partial charge in [0, 0.05) is 24.9 Å². The molecule has 0 aliphatic heterocycles. The molecule has 0 spiro atoms. The Morgan fingerprint density at radius 1 is 0.837 bits per heavy atom. The first-order valence-electron chi connectivity index (χ1n) is 16.1. The third-order valence-corrected chi connectivity index (χ3v) is 8.29. The zero-order chi connectivity index (χ0) is 34.5. The van der Waals surface area contributed by atoms with Crippen molar-refractivity contribution in [3.05, 3.63) is 174 Å². The van der Waals surface area contributed by atoms with Gasteiger partial charge in [0.1, 0.15) is 24.7 Å². The molecule has 0 fully saturated rings. The van der Waals surface area contributed by atoms with Crippen molar-refractivity contribution >= 4 is 18.0 Å². The van der Waals surface area contributed by atoms with E-state index in [1.54, 1.807) is 24.7 Å². The number of benzene rings is 4. The minimum atomic E-state index is -1.12. The van der Waals surface area contributed by atoms with Gasteiger partial charge in [0.25, 0.3) is 0 Å². The maximum atomic E-state index is 14.3. The highest BCUT2D eigenvalue weighted by atomic mass is 16.5. The Labute approximate surface area is 286 Å². The Balaban J connectivity index is 1.60. The van der Waals surface area contributed by atoms with Gasteiger partial charge in [0.05, 0.1) is 13.4 Å². The summed E-state index contributed by atoms with van der Waals surface area (Å²) in [4.78, 5) is 45.9. The highest BCUT2D eigenvalue weighted by molar-refractivity contribution is 5.88. The number of imidazole rings is 1. The number of esters is 1. The average molecular weight is 657 g/mol. The van der Waals surface area contributed by atoms with Gasteiger partial charge in [0.15, 0.2) is 0 Å². The van der Waals surface area contributed by atoms with Crippen molar-refractivity contribution in [1.29, 1.82) is 0 Å². The number of hydrogen-bond acceptors (Lipinski definition) is 6. The molecule has 9 nitrogen and oxygen atoms in total. The van der Waals surface area contributed by atoms with E-state index in [0.717, 1.165) is 22.3 Å². The Morgan fingerprint density at radius 2 is 1.37 bits per heavy atom. The van der Waals surface area contributed by atoms with Crippen molar-refractivity contribution in [2.24, 2.45) is 0 Å². The number of amides is 2. The summed E-state index contributed by atoms with van der Waals surface area (Å²) < 4.78 is 12.5. The summed E-state index contributed by atoms with van der Waals surface area (Å²) in [7, 11) is 1.27. The van der Waals surface area contributed by atoms with Crippen LogP contribution in [0.5, 0.6) is 0 Å². The van der Waals surface area contributed by atoms with Crippen LogP contribution >= 0.6 is 0 Å². The first-order valence-corrected chi connectivity index (χ1v) is 16.1. The van der Waals surface area contributed by atoms with Gasteiger partial charge in [-0.05, 0) is 29.2 Å². The zero-order valence-corrected chi connectivity index (χ0v) is 27.6. The predicted octanol–water partition coefficient (Wildman–Crippen LogP) is 6.14. The van der Waals surface area contributed by atoms with E-state index < -0.39 is 29.6 Å². The quantitative estimate of drug-likeness (QED) is 0.0876. The normalized spacial score (nSPS) is 11.9. The van der Waals surface area contributed by atoms with Crippen LogP contribution in [0.2, 0.25) is 0 Å². The summed E-state index contributed by atoms with van der Waals surface area (Å²) in [6.07, 6.45) is 6.29. The van der Waals surface area contributed by atoms with Crippen LogP contribution in [0, 0.1) is 0 Å². The van der Waals surface area contributed by atoms with Crippen LogP contribution in [0.4, 0.5) is 4.79 Å². The van der Waals surface area contributed by atoms with E-state index in [-0.39, 0.29) is 26.1 Å². The van der Waals surface area contributed by atoms with Crippen LogP contribution < -0.4 is 5.32 Å². The number of nitrogens with one attached hydrogen (secondary N) is 1. The smallest absolute Gasteiger partial charge is 0.408 e. The second kappa shape index (κ2) is 16.7. The van der Waals surface area contributed by atoms with Crippen LogP contribution in [0.3, 0.4) is 0 Å². The van der Waals surface area contributed by atoms with Crippen molar-refractivity contribution in [3.63, 3.8) is 0 Å². The van der Waals surface area contributed by atoms with Crippen molar-refractivity contribution in [2.75, 3.05) is 20.2 Å². The first kappa shape index (κ1) is 34.4. The molecule has 9 heteroatoms. The second-order valence-electron chi connectivity index (χ2n) is 11.4. The number of alkyl carbamates (subject to hydrolysis) is 1. The molecule has 250 valence electrons. The SMILES string of the molecule is CC=CCN(CC(=O)OC)C(=O)C(Cc1cncn1C(c1ccccc1)(c1ccccc1)c1ccccc1)NC(=O)OCc1ccccc1. The number of carbonyl (C=O) groups is 3. The lowest BCUT2D eigenvalue weighted by Crippen LogP contribution is -2.51. The third kappa shape index (κ3) is 8.13. The maximum absolute atomic E-state index is 14.3. The number of carbonyl (C=O) groups excluding carboxylic acids is 3. The molecular formula is C40H40N4O5. The van der Waals surface area contributed by atoms with E-state index in [0.29, 0.717) is 5.69 Å². The summed E-state index contributed by atoms with van der Waals surface area (Å²) in [5.74, 6) is -1.05. The molecule has 49 heavy (non-hydrogen) atoms. The molecule has 1 aromatic heterocycles. The summed E-state index contributed by atoms with van der Waals surface area (Å²) in [5, 5.41) is 2.80. The standard InChI is InChI=1S/C40H40N4O5/c1-3-4-25-43(28-37(45)48-2)38(46)36(42-39(47)49-29-31-17-9-5-10-18-31)26-35-27-41-30-44(35)40(32-19-11-6-12-20-32,33-21-13-7-14-22-33)34-23-15-8-16-24-34/h3-24,27,30,36H,25-26,28-29H2,1-2H3,(H,42,47). The van der Waals surface area contributed by atoms with E-state index in [9.17, 15) is 14.4 Å². The number of rotatable bonds is 14. The number of allylic oxidation sites excluding steroid dienone is 1. The lowest BCUT2D eigenvalue weighted by atomic mass is 9.76. The molecule has 0 saturated heterocycles. The number of hydrogen-bond donors (Lipinski definition) is 1. The lowest BCUT2D eigenvalue weighted by Gasteiger charge is -2.39. The zero-order valence-electron chi connectivity index (χ0n) is 27.6. The summed E-state index contributed by atoms with van der Waals surface area (Å²) in [6.45, 7) is 1.70. The van der Waals surface area contributed by atoms with E-state index in [1.807, 2.05) is 91.9 Å². The summed E-state index contributed by atoms with van der Waals surface area (Å²) >= 11 is 0. The number of methoxy groups -OCH3 is 1. The monoisotopic (exact) mass is 656 g/mol. The molecule has 0 aliphatic rings. The van der Waals surface area contributed by atoms with Crippen molar-refractivity contribution in [3.8, 4) is 0 Å². The second-order valence-corrected chi connectivity index (χ2v) is 11.4. The molecule has 5 rings (SSSR count). The number of ether oxygens (including phenoxy) is 2. The fourth-order valence-corrected chi connectivity index (χ4v) is 5.95. The molecule has 0 bridgehead atoms. The van der Waals surface area contributed by atoms with E-state index >= 15 is 0 Å². The largest absolute Gasteiger partial charge is 0.468 e. The molecule has 1 unspecified atom stereocenters. The van der Waals surface area contributed by atoms with Gasteiger partial charge >= 0.3 is 12.1 Å². The van der Waals surface area contributed by atoms with Gasteiger partial charge in [-0.15, -0.1) is 0 Å². The predicted molar refractivity (Wildman–Crippen MR) is 187 cm³/mol. The molecule has 5 aromatic rings. The molecule has 1 atom stereocenters. The maximum Gasteiger partial charge on any atom is 0.408 e. The highest BCUT2D eigenvalue weighted by Crippen LogP contribution is 2.41. The lowest BCUT2D eigenvalue weighted by molar-refractivity contribution is -0.147. The van der Waals surface area contributed by atoms with Crippen LogP contribution in [-0.2, 0) is 37.6 Å². The first-order chi connectivity index (χ1) is 24.0. The molecular weight excluding hydrogens is 616 g/mol. The van der Waals surface area contributed by atoms with E-state index in [2.05, 4.69) is 51.3 Å². The van der Waals surface area contributed by atoms with Gasteiger partial charge < -0.3 is 24.3 Å². The Hall–Kier alpha value is -5.96. The minimum Gasteiger partial charge on any atom is -0.468 e. The molecule has 4 aromatic carbocycles. The molecule has 0 aliphatic carbocycles. The fourth-order valence-electron chi connectivity index (χ4n) is 5.95. The topological polar surface area (TPSA) is 103 Å². The average Bonchev–Trinajstić information content (AvgIpc) is 3.62. The van der Waals surface area contributed by atoms with Crippen LogP contribution in [0.1, 0.15) is 34.9 Å². The van der Waals surface area contributed by atoms with Gasteiger partial charge in [-0.3, -0.25) is 9.59 Å². The van der Waals surface area contributed by atoms with Gasteiger partial charge in [0.2, 0.25) is 5.91 Å².